The second kappa shape index (κ2) is 9.83. The molecule has 1 aromatic carbocycles. The van der Waals surface area contributed by atoms with Crippen LogP contribution in [0.25, 0.3) is 22.2 Å². The molecule has 36 heavy (non-hydrogen) atoms. The zero-order valence-corrected chi connectivity index (χ0v) is 19.6. The number of hydrogen-bond donors (Lipinski definition) is 4. The van der Waals surface area contributed by atoms with Crippen molar-refractivity contribution in [2.45, 2.75) is 19.8 Å². The van der Waals surface area contributed by atoms with E-state index >= 15 is 0 Å². The number of fused-ring (bicyclic) bond motifs is 2. The molecule has 4 aromatic rings. The lowest BCUT2D eigenvalue weighted by atomic mass is 10.0. The van der Waals surface area contributed by atoms with Gasteiger partial charge in [0.25, 0.3) is 0 Å². The molecule has 4 N–H and O–H groups in total. The second-order valence-corrected chi connectivity index (χ2v) is 8.33. The summed E-state index contributed by atoms with van der Waals surface area (Å²) in [6, 6.07) is 9.55. The van der Waals surface area contributed by atoms with Gasteiger partial charge in [-0.25, -0.2) is 4.39 Å². The molecule has 0 radical (unpaired) electrons. The van der Waals surface area contributed by atoms with Crippen molar-refractivity contribution in [1.82, 2.24) is 19.9 Å². The highest BCUT2D eigenvalue weighted by Crippen LogP contribution is 2.34. The van der Waals surface area contributed by atoms with Crippen LogP contribution in [0.3, 0.4) is 0 Å². The number of aryl methyl sites for hydroxylation is 1. The third-order valence-electron chi connectivity index (χ3n) is 5.78. The van der Waals surface area contributed by atoms with E-state index in [9.17, 15) is 9.18 Å². The Morgan fingerprint density at radius 2 is 1.97 bits per heavy atom. The molecule has 9 heteroatoms. The minimum Gasteiger partial charge on any atom is -0.345 e. The summed E-state index contributed by atoms with van der Waals surface area (Å²) in [4.78, 5) is 28.4. The molecular formula is C27H24FN7O. The van der Waals surface area contributed by atoms with E-state index < -0.39 is 5.83 Å². The van der Waals surface area contributed by atoms with Crippen LogP contribution < -0.4 is 16.0 Å². The molecule has 1 aliphatic rings. The Hall–Kier alpha value is -4.79. The number of hydrogen-bond acceptors (Lipinski definition) is 6. The average molecular weight is 482 g/mol. The van der Waals surface area contributed by atoms with Crippen LogP contribution in [0.4, 0.5) is 27.5 Å². The zero-order chi connectivity index (χ0) is 25.1. The topological polar surface area (TPSA) is 108 Å². The number of pyridine rings is 1. The maximum absolute atomic E-state index is 13.6. The van der Waals surface area contributed by atoms with E-state index in [4.69, 9.17) is 4.98 Å². The Kier molecular flexibility index (Phi) is 6.27. The number of rotatable bonds is 7. The number of aromatic nitrogens is 4. The molecule has 0 bridgehead atoms. The van der Waals surface area contributed by atoms with Gasteiger partial charge in [0.1, 0.15) is 17.3 Å². The highest BCUT2D eigenvalue weighted by molar-refractivity contribution is 6.02. The van der Waals surface area contributed by atoms with Crippen LogP contribution >= 0.6 is 0 Å². The third-order valence-corrected chi connectivity index (χ3v) is 5.78. The number of benzene rings is 1. The lowest BCUT2D eigenvalue weighted by Crippen LogP contribution is -2.18. The van der Waals surface area contributed by atoms with E-state index in [1.807, 2.05) is 43.5 Å². The number of nitrogens with one attached hydrogen (secondary N) is 4. The fraction of sp³-hybridized carbons (Fsp3) is 0.111. The number of aromatic amines is 1. The molecule has 180 valence electrons. The molecule has 1 amide bonds. The number of carbonyl (C=O) groups is 1. The summed E-state index contributed by atoms with van der Waals surface area (Å²) in [5.74, 6) is 0.528. The number of carbonyl (C=O) groups excluding carboxylic acids is 1. The number of allylic oxidation sites excluding steroid dienone is 5. The van der Waals surface area contributed by atoms with Gasteiger partial charge in [0.05, 0.1) is 5.39 Å². The monoisotopic (exact) mass is 481 g/mol. The van der Waals surface area contributed by atoms with E-state index in [0.717, 1.165) is 39.5 Å². The van der Waals surface area contributed by atoms with Gasteiger partial charge in [0, 0.05) is 47.6 Å². The first-order valence-corrected chi connectivity index (χ1v) is 11.4. The standard InChI is InChI=1S/C27H24FN7O/c1-3-19(28)6-4-16(2)31-26-24-21(17-10-12-29-13-11-17)15-30-25(24)34-27(35-26)32-20-7-8-22-18(14-20)5-9-23(36)33-22/h3-4,6-8,10-15H,1,5,9H2,2H3,(H,33,36)(H3,30,31,32,34,35)/b16-4+,19-6+. The molecule has 0 saturated carbocycles. The molecule has 1 aliphatic heterocycles. The van der Waals surface area contributed by atoms with E-state index in [2.05, 4.69) is 37.5 Å². The number of H-pyrrole nitrogens is 1. The van der Waals surface area contributed by atoms with Crippen molar-refractivity contribution >= 4 is 40.1 Å². The van der Waals surface area contributed by atoms with Crippen molar-refractivity contribution in [1.29, 1.82) is 0 Å². The first-order valence-electron chi connectivity index (χ1n) is 11.4. The molecule has 0 spiro atoms. The predicted octanol–water partition coefficient (Wildman–Crippen LogP) is 6.00. The molecule has 0 unspecified atom stereocenters. The summed E-state index contributed by atoms with van der Waals surface area (Å²) < 4.78 is 13.6. The van der Waals surface area contributed by atoms with Crippen LogP contribution in [-0.4, -0.2) is 25.8 Å². The lowest BCUT2D eigenvalue weighted by molar-refractivity contribution is -0.116. The Bertz CT molecular complexity index is 1520. The minimum absolute atomic E-state index is 0.0238. The van der Waals surface area contributed by atoms with Crippen molar-refractivity contribution < 1.29 is 9.18 Å². The predicted molar refractivity (Wildman–Crippen MR) is 141 cm³/mol. The van der Waals surface area contributed by atoms with Crippen LogP contribution in [0.5, 0.6) is 0 Å². The Morgan fingerprint density at radius 3 is 2.78 bits per heavy atom. The lowest BCUT2D eigenvalue weighted by Gasteiger charge is -2.18. The maximum Gasteiger partial charge on any atom is 0.231 e. The summed E-state index contributed by atoms with van der Waals surface area (Å²) in [5, 5.41) is 10.2. The quantitative estimate of drug-likeness (QED) is 0.241. The molecule has 0 fully saturated rings. The first-order chi connectivity index (χ1) is 17.5. The largest absolute Gasteiger partial charge is 0.345 e. The second-order valence-electron chi connectivity index (χ2n) is 8.33. The average Bonchev–Trinajstić information content (AvgIpc) is 3.32. The summed E-state index contributed by atoms with van der Waals surface area (Å²) in [6.45, 7) is 5.26. The van der Waals surface area contributed by atoms with Crippen LogP contribution in [0.2, 0.25) is 0 Å². The van der Waals surface area contributed by atoms with Gasteiger partial charge in [0.2, 0.25) is 11.9 Å². The normalized spacial score (nSPS) is 13.8. The van der Waals surface area contributed by atoms with Crippen LogP contribution in [0, 0.1) is 0 Å². The van der Waals surface area contributed by atoms with Gasteiger partial charge in [-0.1, -0.05) is 6.58 Å². The van der Waals surface area contributed by atoms with Crippen LogP contribution in [-0.2, 0) is 11.2 Å². The van der Waals surface area contributed by atoms with Gasteiger partial charge < -0.3 is 20.9 Å². The van der Waals surface area contributed by atoms with Crippen molar-refractivity contribution in [3.8, 4) is 11.1 Å². The van der Waals surface area contributed by atoms with Gasteiger partial charge >= 0.3 is 0 Å². The van der Waals surface area contributed by atoms with Gasteiger partial charge in [-0.2, -0.15) is 9.97 Å². The zero-order valence-electron chi connectivity index (χ0n) is 19.6. The molecule has 8 nitrogen and oxygen atoms in total. The molecule has 0 atom stereocenters. The van der Waals surface area contributed by atoms with E-state index in [1.54, 1.807) is 18.5 Å². The van der Waals surface area contributed by atoms with Gasteiger partial charge in [0.15, 0.2) is 0 Å². The molecule has 3 aromatic heterocycles. The smallest absolute Gasteiger partial charge is 0.231 e. The SMILES string of the molecule is C=C/C(F)=C\C=C(/C)Nc1nc(Nc2ccc3c(c2)CCC(=O)N3)nc2[nH]cc(-c3ccncc3)c12. The van der Waals surface area contributed by atoms with Crippen molar-refractivity contribution in [2.75, 3.05) is 16.0 Å². The summed E-state index contributed by atoms with van der Waals surface area (Å²) in [7, 11) is 0. The molecular weight excluding hydrogens is 457 g/mol. The highest BCUT2D eigenvalue weighted by Gasteiger charge is 2.17. The Labute approximate surface area is 207 Å². The maximum atomic E-state index is 13.6. The van der Waals surface area contributed by atoms with Gasteiger partial charge in [-0.3, -0.25) is 9.78 Å². The minimum atomic E-state index is -0.436. The van der Waals surface area contributed by atoms with E-state index in [0.29, 0.717) is 36.0 Å². The highest BCUT2D eigenvalue weighted by atomic mass is 19.1. The van der Waals surface area contributed by atoms with Crippen molar-refractivity contribution in [3.05, 3.63) is 90.8 Å². The molecule has 0 saturated heterocycles. The number of anilines is 4. The fourth-order valence-corrected chi connectivity index (χ4v) is 4.03. The first kappa shape index (κ1) is 23.0. The number of nitrogens with zero attached hydrogens (tertiary/aromatic N) is 3. The fourth-order valence-electron chi connectivity index (χ4n) is 4.03. The van der Waals surface area contributed by atoms with Gasteiger partial charge in [-0.15, -0.1) is 0 Å². The molecule has 5 rings (SSSR count). The Balaban J connectivity index is 1.54. The summed E-state index contributed by atoms with van der Waals surface area (Å²) in [5.41, 5.74) is 5.86. The van der Waals surface area contributed by atoms with Crippen molar-refractivity contribution in [2.24, 2.45) is 0 Å². The molecule has 0 aliphatic carbocycles. The number of halogens is 1. The van der Waals surface area contributed by atoms with Crippen molar-refractivity contribution in [3.63, 3.8) is 0 Å². The summed E-state index contributed by atoms with van der Waals surface area (Å²) >= 11 is 0. The van der Waals surface area contributed by atoms with E-state index in [-0.39, 0.29) is 5.91 Å². The number of amides is 1. The van der Waals surface area contributed by atoms with E-state index in [1.165, 1.54) is 6.08 Å². The van der Waals surface area contributed by atoms with Crippen LogP contribution in [0.1, 0.15) is 18.9 Å². The molecule has 4 heterocycles. The third kappa shape index (κ3) is 4.85. The Morgan fingerprint density at radius 1 is 1.14 bits per heavy atom. The van der Waals surface area contributed by atoms with Gasteiger partial charge in [-0.05, 0) is 73.0 Å². The van der Waals surface area contributed by atoms with Crippen LogP contribution in [0.15, 0.2) is 85.3 Å². The summed E-state index contributed by atoms with van der Waals surface area (Å²) in [6.07, 6.45) is 10.6.